The highest BCUT2D eigenvalue weighted by molar-refractivity contribution is 5.95. The third kappa shape index (κ3) is 3.99. The first-order valence-corrected chi connectivity index (χ1v) is 12.4. The summed E-state index contributed by atoms with van der Waals surface area (Å²) in [5.41, 5.74) is 5.33. The topological polar surface area (TPSA) is 64.4 Å². The molecule has 2 heterocycles. The van der Waals surface area contributed by atoms with Crippen molar-refractivity contribution in [3.05, 3.63) is 59.4 Å². The number of carbonyl (C=O) groups excluding carboxylic acids is 2. The quantitative estimate of drug-likeness (QED) is 0.491. The van der Waals surface area contributed by atoms with Crippen molar-refractivity contribution in [1.29, 1.82) is 0 Å². The van der Waals surface area contributed by atoms with E-state index >= 15 is 0 Å². The Bertz CT molecular complexity index is 1220. The number of aryl methyl sites for hydroxylation is 1. The highest BCUT2D eigenvalue weighted by atomic mass is 16.5. The van der Waals surface area contributed by atoms with Crippen molar-refractivity contribution >= 4 is 28.6 Å². The first-order valence-electron chi connectivity index (χ1n) is 12.4. The fourth-order valence-electron chi connectivity index (χ4n) is 5.90. The smallest absolute Gasteiger partial charge is 0.414 e. The molecule has 6 nitrogen and oxygen atoms in total. The Balaban J connectivity index is 1.65. The zero-order chi connectivity index (χ0) is 23.8. The van der Waals surface area contributed by atoms with E-state index in [4.69, 9.17) is 9.72 Å². The fraction of sp³-hybridized carbons (Fsp3) is 0.464. The van der Waals surface area contributed by atoms with E-state index in [-0.39, 0.29) is 24.1 Å². The minimum absolute atomic E-state index is 0.0814. The summed E-state index contributed by atoms with van der Waals surface area (Å²) in [6.45, 7) is 3.79. The van der Waals surface area contributed by atoms with E-state index in [0.717, 1.165) is 73.1 Å². The number of amides is 1. The molecule has 1 fully saturated rings. The number of ketones is 1. The molecule has 34 heavy (non-hydrogen) atoms. The third-order valence-electron chi connectivity index (χ3n) is 7.69. The molecule has 1 saturated carbocycles. The van der Waals surface area contributed by atoms with Crippen LogP contribution in [0.4, 0.5) is 10.5 Å². The zero-order valence-corrected chi connectivity index (χ0v) is 20.3. The molecular formula is C28H33N3O3. The van der Waals surface area contributed by atoms with Gasteiger partial charge in [-0.2, -0.15) is 0 Å². The fourth-order valence-corrected chi connectivity index (χ4v) is 5.90. The largest absolute Gasteiger partial charge is 0.452 e. The molecule has 0 saturated heterocycles. The molecule has 1 aromatic heterocycles. The number of imidazole rings is 1. The Morgan fingerprint density at radius 2 is 1.88 bits per heavy atom. The molecule has 0 radical (unpaired) electrons. The van der Waals surface area contributed by atoms with Crippen molar-refractivity contribution in [3.63, 3.8) is 0 Å². The van der Waals surface area contributed by atoms with E-state index < -0.39 is 0 Å². The number of hydrogen-bond donors (Lipinski definition) is 0. The lowest BCUT2D eigenvalue weighted by molar-refractivity contribution is -0.122. The van der Waals surface area contributed by atoms with Crippen LogP contribution in [0.3, 0.4) is 0 Å². The molecule has 5 rings (SSSR count). The maximum atomic E-state index is 12.6. The summed E-state index contributed by atoms with van der Waals surface area (Å²) in [7, 11) is 1.43. The van der Waals surface area contributed by atoms with Gasteiger partial charge in [0, 0.05) is 30.0 Å². The molecule has 2 aliphatic rings. The molecule has 6 heteroatoms. The van der Waals surface area contributed by atoms with Crippen LogP contribution in [0.5, 0.6) is 0 Å². The molecule has 1 aliphatic carbocycles. The number of ether oxygens (including phenoxy) is 1. The number of fused-ring (bicyclic) bond motifs is 3. The second-order valence-corrected chi connectivity index (χ2v) is 9.85. The van der Waals surface area contributed by atoms with Gasteiger partial charge in [0.1, 0.15) is 11.6 Å². The van der Waals surface area contributed by atoms with Crippen LogP contribution in [-0.4, -0.2) is 34.6 Å². The number of hydrogen-bond acceptors (Lipinski definition) is 4. The van der Waals surface area contributed by atoms with Crippen molar-refractivity contribution in [2.75, 3.05) is 12.0 Å². The van der Waals surface area contributed by atoms with Gasteiger partial charge in [0.05, 0.1) is 23.8 Å². The van der Waals surface area contributed by atoms with Gasteiger partial charge in [0.25, 0.3) is 0 Å². The van der Waals surface area contributed by atoms with Crippen molar-refractivity contribution in [2.24, 2.45) is 5.92 Å². The van der Waals surface area contributed by atoms with Gasteiger partial charge in [-0.25, -0.2) is 9.78 Å². The van der Waals surface area contributed by atoms with Gasteiger partial charge >= 0.3 is 6.09 Å². The Hall–Kier alpha value is -3.15. The van der Waals surface area contributed by atoms with Crippen LogP contribution < -0.4 is 4.90 Å². The van der Waals surface area contributed by atoms with E-state index in [2.05, 4.69) is 47.9 Å². The number of nitrogens with zero attached hydrogens (tertiary/aromatic N) is 3. The van der Waals surface area contributed by atoms with Gasteiger partial charge in [0.15, 0.2) is 0 Å². The Morgan fingerprint density at radius 3 is 2.62 bits per heavy atom. The molecule has 0 spiro atoms. The maximum Gasteiger partial charge on any atom is 0.414 e. The van der Waals surface area contributed by atoms with Crippen LogP contribution in [0.2, 0.25) is 0 Å². The lowest BCUT2D eigenvalue weighted by atomic mass is 9.83. The molecule has 3 atom stereocenters. The Morgan fingerprint density at radius 1 is 1.09 bits per heavy atom. The molecule has 0 bridgehead atoms. The molecule has 0 unspecified atom stereocenters. The molecule has 1 aliphatic heterocycles. The number of methoxy groups -OCH3 is 1. The molecule has 3 aromatic rings. The summed E-state index contributed by atoms with van der Waals surface area (Å²) in [5.74, 6) is 1.44. The monoisotopic (exact) mass is 459 g/mol. The minimum Gasteiger partial charge on any atom is -0.452 e. The maximum absolute atomic E-state index is 12.6. The second kappa shape index (κ2) is 9.24. The third-order valence-corrected chi connectivity index (χ3v) is 7.69. The SMILES string of the molecule is COC(=O)N1c2ccc3c(nc(Cc4ccccc4)n3[C@@H]3CCC[C@H](C(C)=O)C3)c2CC[C@@H]1C. The van der Waals surface area contributed by atoms with Crippen LogP contribution in [-0.2, 0) is 22.4 Å². The van der Waals surface area contributed by atoms with E-state index in [1.807, 2.05) is 6.07 Å². The number of benzene rings is 2. The minimum atomic E-state index is -0.326. The van der Waals surface area contributed by atoms with Gasteiger partial charge < -0.3 is 9.30 Å². The first-order chi connectivity index (χ1) is 16.5. The van der Waals surface area contributed by atoms with Gasteiger partial charge in [0.2, 0.25) is 0 Å². The molecule has 178 valence electrons. The van der Waals surface area contributed by atoms with E-state index in [1.165, 1.54) is 12.7 Å². The number of aromatic nitrogens is 2. The summed E-state index contributed by atoms with van der Waals surface area (Å²) in [4.78, 5) is 31.8. The Kier molecular flexibility index (Phi) is 6.15. The van der Waals surface area contributed by atoms with Crippen LogP contribution in [0.1, 0.15) is 68.9 Å². The van der Waals surface area contributed by atoms with Crippen LogP contribution >= 0.6 is 0 Å². The lowest BCUT2D eigenvalue weighted by Gasteiger charge is -2.34. The molecular weight excluding hydrogens is 426 g/mol. The van der Waals surface area contributed by atoms with Crippen molar-refractivity contribution in [3.8, 4) is 0 Å². The average molecular weight is 460 g/mol. The first kappa shape index (κ1) is 22.6. The molecule has 1 amide bonds. The Labute approximate surface area is 200 Å². The number of Topliss-reactive ketones (excluding diaryl/α,β-unsaturated/α-hetero) is 1. The number of rotatable bonds is 4. The number of anilines is 1. The summed E-state index contributed by atoms with van der Waals surface area (Å²) < 4.78 is 7.50. The van der Waals surface area contributed by atoms with Gasteiger partial charge in [-0.1, -0.05) is 36.8 Å². The molecule has 0 N–H and O–H groups in total. The van der Waals surface area contributed by atoms with E-state index in [9.17, 15) is 9.59 Å². The predicted octanol–water partition coefficient (Wildman–Crippen LogP) is 5.85. The van der Waals surface area contributed by atoms with E-state index in [1.54, 1.807) is 11.8 Å². The second-order valence-electron chi connectivity index (χ2n) is 9.85. The normalized spacial score (nSPS) is 22.4. The van der Waals surface area contributed by atoms with Crippen molar-refractivity contribution in [1.82, 2.24) is 9.55 Å². The lowest BCUT2D eigenvalue weighted by Crippen LogP contribution is -2.42. The van der Waals surface area contributed by atoms with Gasteiger partial charge in [-0.3, -0.25) is 9.69 Å². The summed E-state index contributed by atoms with van der Waals surface area (Å²) in [5, 5.41) is 0. The summed E-state index contributed by atoms with van der Waals surface area (Å²) in [6.07, 6.45) is 6.12. The highest BCUT2D eigenvalue weighted by Gasteiger charge is 2.33. The van der Waals surface area contributed by atoms with Crippen LogP contribution in [0.15, 0.2) is 42.5 Å². The van der Waals surface area contributed by atoms with Crippen LogP contribution in [0.25, 0.3) is 11.0 Å². The van der Waals surface area contributed by atoms with Crippen molar-refractivity contribution < 1.29 is 14.3 Å². The van der Waals surface area contributed by atoms with Gasteiger partial charge in [-0.05, 0) is 63.6 Å². The summed E-state index contributed by atoms with van der Waals surface area (Å²) in [6, 6.07) is 14.9. The summed E-state index contributed by atoms with van der Waals surface area (Å²) >= 11 is 0. The highest BCUT2D eigenvalue weighted by Crippen LogP contribution is 2.41. The van der Waals surface area contributed by atoms with Gasteiger partial charge in [-0.15, -0.1) is 0 Å². The number of carbonyl (C=O) groups is 2. The predicted molar refractivity (Wildman–Crippen MR) is 133 cm³/mol. The average Bonchev–Trinajstić information content (AvgIpc) is 3.22. The van der Waals surface area contributed by atoms with Crippen molar-refractivity contribution in [2.45, 2.75) is 70.9 Å². The van der Waals surface area contributed by atoms with Crippen LogP contribution in [0, 0.1) is 5.92 Å². The standard InChI is InChI=1S/C28H33N3O3/c1-18-12-13-23-24(30(18)28(33)34-3)14-15-25-27(23)29-26(16-20-8-5-4-6-9-20)31(25)22-11-7-10-21(17-22)19(2)32/h4-6,8-9,14-15,18,21-22H,7,10-13,16-17H2,1-3H3/t18-,21-,22+/m0/s1. The van der Waals surface area contributed by atoms with E-state index in [0.29, 0.717) is 5.78 Å². The molecule has 2 aromatic carbocycles. The zero-order valence-electron chi connectivity index (χ0n) is 20.3.